The summed E-state index contributed by atoms with van der Waals surface area (Å²) >= 11 is 0. The molecule has 1 N–H and O–H groups in total. The fraction of sp³-hybridized carbons (Fsp3) is 0.650. The first-order chi connectivity index (χ1) is 13.1. The summed E-state index contributed by atoms with van der Waals surface area (Å²) in [6.45, 7) is 7.63. The molecule has 7 nitrogen and oxygen atoms in total. The SMILES string of the molecule is CCN(CC)C(=O)[C@@H]1C[C@H](NC(=O)c2ccncc2)CN1C1CCOCC1. The van der Waals surface area contributed by atoms with E-state index in [2.05, 4.69) is 15.2 Å². The van der Waals surface area contributed by atoms with Crippen LogP contribution in [0.25, 0.3) is 0 Å². The molecule has 2 atom stereocenters. The Morgan fingerprint density at radius 3 is 2.52 bits per heavy atom. The molecular weight excluding hydrogens is 344 g/mol. The van der Waals surface area contributed by atoms with Crippen LogP contribution in [0.15, 0.2) is 24.5 Å². The van der Waals surface area contributed by atoms with Gasteiger partial charge in [-0.1, -0.05) is 0 Å². The maximum Gasteiger partial charge on any atom is 0.251 e. The predicted molar refractivity (Wildman–Crippen MR) is 102 cm³/mol. The highest BCUT2D eigenvalue weighted by atomic mass is 16.5. The average Bonchev–Trinajstić information content (AvgIpc) is 3.14. The van der Waals surface area contributed by atoms with Crippen LogP contribution in [0.2, 0.25) is 0 Å². The van der Waals surface area contributed by atoms with Gasteiger partial charge in [0, 0.05) is 62.9 Å². The number of hydrogen-bond donors (Lipinski definition) is 1. The third-order valence-corrected chi connectivity index (χ3v) is 5.64. The van der Waals surface area contributed by atoms with Gasteiger partial charge in [-0.15, -0.1) is 0 Å². The first-order valence-corrected chi connectivity index (χ1v) is 9.97. The van der Waals surface area contributed by atoms with Gasteiger partial charge in [0.05, 0.1) is 6.04 Å². The third-order valence-electron chi connectivity index (χ3n) is 5.64. The van der Waals surface area contributed by atoms with Gasteiger partial charge >= 0.3 is 0 Å². The Hall–Kier alpha value is -1.99. The minimum Gasteiger partial charge on any atom is -0.381 e. The number of rotatable bonds is 6. The van der Waals surface area contributed by atoms with Crippen molar-refractivity contribution in [1.82, 2.24) is 20.1 Å². The molecule has 0 radical (unpaired) electrons. The van der Waals surface area contributed by atoms with E-state index in [0.29, 0.717) is 37.7 Å². The highest BCUT2D eigenvalue weighted by Gasteiger charge is 2.42. The molecule has 148 valence electrons. The molecule has 7 heteroatoms. The standard InChI is InChI=1S/C20H30N4O3/c1-3-23(4-2)20(26)18-13-16(14-24(18)17-7-11-27-12-8-17)22-19(25)15-5-9-21-10-6-15/h5-6,9-10,16-18H,3-4,7-8,11-14H2,1-2H3,(H,22,25)/t16-,18-/m0/s1. The summed E-state index contributed by atoms with van der Waals surface area (Å²) in [5, 5.41) is 3.11. The van der Waals surface area contributed by atoms with Crippen LogP contribution < -0.4 is 5.32 Å². The van der Waals surface area contributed by atoms with Crippen LogP contribution in [0.1, 0.15) is 43.5 Å². The second-order valence-corrected chi connectivity index (χ2v) is 7.21. The maximum atomic E-state index is 13.1. The summed E-state index contributed by atoms with van der Waals surface area (Å²) in [6.07, 6.45) is 5.76. The second-order valence-electron chi connectivity index (χ2n) is 7.21. The van der Waals surface area contributed by atoms with Crippen molar-refractivity contribution in [2.75, 3.05) is 32.8 Å². The first-order valence-electron chi connectivity index (χ1n) is 9.97. The van der Waals surface area contributed by atoms with Gasteiger partial charge in [-0.2, -0.15) is 0 Å². The monoisotopic (exact) mass is 374 g/mol. The Balaban J connectivity index is 1.72. The number of likely N-dealkylation sites (tertiary alicyclic amines) is 1. The molecule has 3 rings (SSSR count). The lowest BCUT2D eigenvalue weighted by molar-refractivity contribution is -0.137. The molecule has 0 unspecified atom stereocenters. The minimum atomic E-state index is -0.171. The van der Waals surface area contributed by atoms with E-state index >= 15 is 0 Å². The highest BCUT2D eigenvalue weighted by Crippen LogP contribution is 2.27. The molecule has 0 bridgehead atoms. The average molecular weight is 374 g/mol. The van der Waals surface area contributed by atoms with Crippen molar-refractivity contribution in [2.45, 2.75) is 51.2 Å². The summed E-state index contributed by atoms with van der Waals surface area (Å²) in [5.74, 6) is 0.0671. The minimum absolute atomic E-state index is 0.0296. The van der Waals surface area contributed by atoms with Crippen molar-refractivity contribution in [3.05, 3.63) is 30.1 Å². The molecule has 2 amide bonds. The Bertz CT molecular complexity index is 629. The Morgan fingerprint density at radius 2 is 1.89 bits per heavy atom. The molecule has 0 aromatic carbocycles. The van der Waals surface area contributed by atoms with Crippen LogP contribution in [-0.2, 0) is 9.53 Å². The quantitative estimate of drug-likeness (QED) is 0.812. The van der Waals surface area contributed by atoms with E-state index in [4.69, 9.17) is 4.74 Å². The van der Waals surface area contributed by atoms with Crippen molar-refractivity contribution in [3.8, 4) is 0 Å². The molecule has 0 spiro atoms. The molecule has 1 aromatic heterocycles. The van der Waals surface area contributed by atoms with Gasteiger partial charge in [0.15, 0.2) is 0 Å². The van der Waals surface area contributed by atoms with Gasteiger partial charge in [-0.25, -0.2) is 0 Å². The number of pyridine rings is 1. The van der Waals surface area contributed by atoms with Gasteiger partial charge in [0.1, 0.15) is 0 Å². The van der Waals surface area contributed by atoms with Gasteiger partial charge in [0.2, 0.25) is 5.91 Å². The summed E-state index contributed by atoms with van der Waals surface area (Å²) in [4.78, 5) is 33.8. The highest BCUT2D eigenvalue weighted by molar-refractivity contribution is 5.94. The summed E-state index contributed by atoms with van der Waals surface area (Å²) < 4.78 is 5.50. The molecule has 2 aliphatic rings. The van der Waals surface area contributed by atoms with Crippen LogP contribution in [0.4, 0.5) is 0 Å². The van der Waals surface area contributed by atoms with Crippen molar-refractivity contribution < 1.29 is 14.3 Å². The number of hydrogen-bond acceptors (Lipinski definition) is 5. The molecule has 0 aliphatic carbocycles. The van der Waals surface area contributed by atoms with Crippen molar-refractivity contribution in [1.29, 1.82) is 0 Å². The predicted octanol–water partition coefficient (Wildman–Crippen LogP) is 1.30. The van der Waals surface area contributed by atoms with Gasteiger partial charge < -0.3 is 15.0 Å². The number of carbonyl (C=O) groups excluding carboxylic acids is 2. The molecule has 2 saturated heterocycles. The number of nitrogens with one attached hydrogen (secondary N) is 1. The molecule has 2 fully saturated rings. The molecule has 1 aromatic rings. The Kier molecular flexibility index (Phi) is 6.79. The van der Waals surface area contributed by atoms with E-state index in [1.54, 1.807) is 24.5 Å². The zero-order valence-electron chi connectivity index (χ0n) is 16.3. The topological polar surface area (TPSA) is 74.8 Å². The summed E-state index contributed by atoms with van der Waals surface area (Å²) in [5.41, 5.74) is 0.598. The van der Waals surface area contributed by atoms with E-state index < -0.39 is 0 Å². The van der Waals surface area contributed by atoms with Crippen molar-refractivity contribution in [2.24, 2.45) is 0 Å². The fourth-order valence-corrected chi connectivity index (χ4v) is 4.15. The molecule has 3 heterocycles. The van der Waals surface area contributed by atoms with Crippen LogP contribution in [-0.4, -0.2) is 77.6 Å². The molecule has 0 saturated carbocycles. The molecule has 2 aliphatic heterocycles. The Labute approximate surface area is 161 Å². The van der Waals surface area contributed by atoms with Crippen molar-refractivity contribution >= 4 is 11.8 Å². The van der Waals surface area contributed by atoms with Crippen LogP contribution in [0.5, 0.6) is 0 Å². The van der Waals surface area contributed by atoms with E-state index in [-0.39, 0.29) is 23.9 Å². The number of ether oxygens (including phenoxy) is 1. The number of aromatic nitrogens is 1. The Morgan fingerprint density at radius 1 is 1.22 bits per heavy atom. The number of carbonyl (C=O) groups is 2. The molecular formula is C20H30N4O3. The van der Waals surface area contributed by atoms with Crippen molar-refractivity contribution in [3.63, 3.8) is 0 Å². The lowest BCUT2D eigenvalue weighted by Crippen LogP contribution is -2.50. The lowest BCUT2D eigenvalue weighted by Gasteiger charge is -2.36. The van der Waals surface area contributed by atoms with Crippen LogP contribution in [0, 0.1) is 0 Å². The van der Waals surface area contributed by atoms with Gasteiger partial charge in [-0.05, 0) is 45.2 Å². The number of amides is 2. The maximum absolute atomic E-state index is 13.1. The first kappa shape index (κ1) is 19.8. The lowest BCUT2D eigenvalue weighted by atomic mass is 10.0. The molecule has 27 heavy (non-hydrogen) atoms. The summed E-state index contributed by atoms with van der Waals surface area (Å²) in [7, 11) is 0. The fourth-order valence-electron chi connectivity index (χ4n) is 4.15. The number of nitrogens with zero attached hydrogens (tertiary/aromatic N) is 3. The third kappa shape index (κ3) is 4.65. The van der Waals surface area contributed by atoms with Gasteiger partial charge in [0.25, 0.3) is 5.91 Å². The smallest absolute Gasteiger partial charge is 0.251 e. The van der Waals surface area contributed by atoms with Gasteiger partial charge in [-0.3, -0.25) is 19.5 Å². The van der Waals surface area contributed by atoms with E-state index in [1.165, 1.54) is 0 Å². The second kappa shape index (κ2) is 9.28. The zero-order chi connectivity index (χ0) is 19.2. The van der Waals surface area contributed by atoms with E-state index in [1.807, 2.05) is 18.7 Å². The van der Waals surface area contributed by atoms with E-state index in [0.717, 1.165) is 26.1 Å². The normalized spacial score (nSPS) is 23.9. The van der Waals surface area contributed by atoms with Crippen LogP contribution >= 0.6 is 0 Å². The largest absolute Gasteiger partial charge is 0.381 e. The number of likely N-dealkylation sites (N-methyl/N-ethyl adjacent to an activating group) is 1. The van der Waals surface area contributed by atoms with Crippen LogP contribution in [0.3, 0.4) is 0 Å². The zero-order valence-corrected chi connectivity index (χ0v) is 16.3. The van der Waals surface area contributed by atoms with E-state index in [9.17, 15) is 9.59 Å². The summed E-state index contributed by atoms with van der Waals surface area (Å²) in [6, 6.07) is 3.55.